The van der Waals surface area contributed by atoms with Gasteiger partial charge in [-0.15, -0.1) is 0 Å². The Morgan fingerprint density at radius 1 is 0.861 bits per heavy atom. The maximum atomic E-state index is 12.7. The van der Waals surface area contributed by atoms with Crippen LogP contribution in [0.1, 0.15) is 16.7 Å². The summed E-state index contributed by atoms with van der Waals surface area (Å²) < 4.78 is 38.4. The third kappa shape index (κ3) is 7.06. The van der Waals surface area contributed by atoms with Crippen molar-refractivity contribution in [1.29, 1.82) is 0 Å². The lowest BCUT2D eigenvalue weighted by molar-refractivity contribution is -0.115. The summed E-state index contributed by atoms with van der Waals surface area (Å²) in [6.07, 6.45) is 2.95. The normalized spacial score (nSPS) is 11.1. The summed E-state index contributed by atoms with van der Waals surface area (Å²) in [5.74, 6) is 0.704. The van der Waals surface area contributed by atoms with Crippen LogP contribution in [-0.2, 0) is 14.8 Å². The van der Waals surface area contributed by atoms with Crippen LogP contribution < -0.4 is 24.8 Å². The number of sulfonamides is 1. The Morgan fingerprint density at radius 3 is 2.17 bits per heavy atom. The number of methoxy groups -OCH3 is 2. The van der Waals surface area contributed by atoms with Gasteiger partial charge in [0.2, 0.25) is 5.91 Å². The van der Waals surface area contributed by atoms with E-state index < -0.39 is 15.9 Å². The van der Waals surface area contributed by atoms with Crippen LogP contribution in [0.15, 0.2) is 71.6 Å². The first-order valence-corrected chi connectivity index (χ1v) is 12.7. The summed E-state index contributed by atoms with van der Waals surface area (Å²) in [6, 6.07) is 16.7. The predicted octanol–water partition coefficient (Wildman–Crippen LogP) is 4.65. The lowest BCUT2D eigenvalue weighted by Gasteiger charge is -2.11. The van der Waals surface area contributed by atoms with E-state index in [4.69, 9.17) is 21.7 Å². The van der Waals surface area contributed by atoms with Crippen molar-refractivity contribution in [2.45, 2.75) is 18.7 Å². The van der Waals surface area contributed by atoms with Crippen LogP contribution in [0.25, 0.3) is 6.08 Å². The Hall–Kier alpha value is -3.89. The Bertz CT molecular complexity index is 1400. The summed E-state index contributed by atoms with van der Waals surface area (Å²) in [6.45, 7) is 3.88. The molecular weight excluding hydrogens is 498 g/mol. The monoisotopic (exact) mass is 525 g/mol. The smallest absolute Gasteiger partial charge is 0.261 e. The molecule has 0 saturated heterocycles. The molecule has 0 unspecified atom stereocenters. The molecule has 0 heterocycles. The van der Waals surface area contributed by atoms with Crippen molar-refractivity contribution in [3.8, 4) is 11.5 Å². The second-order valence-electron chi connectivity index (χ2n) is 7.82. The van der Waals surface area contributed by atoms with E-state index >= 15 is 0 Å². The maximum Gasteiger partial charge on any atom is 0.261 e. The van der Waals surface area contributed by atoms with Crippen molar-refractivity contribution < 1.29 is 22.7 Å². The maximum absolute atomic E-state index is 12.7. The number of ether oxygens (including phenoxy) is 2. The number of hydrogen-bond donors (Lipinski definition) is 3. The van der Waals surface area contributed by atoms with Crippen LogP contribution in [0.5, 0.6) is 11.5 Å². The van der Waals surface area contributed by atoms with E-state index in [2.05, 4.69) is 15.4 Å². The zero-order valence-corrected chi connectivity index (χ0v) is 21.9. The number of benzene rings is 3. The van der Waals surface area contributed by atoms with Gasteiger partial charge in [-0.3, -0.25) is 14.8 Å². The Morgan fingerprint density at radius 2 is 1.53 bits per heavy atom. The van der Waals surface area contributed by atoms with E-state index in [1.165, 1.54) is 25.3 Å². The highest BCUT2D eigenvalue weighted by Crippen LogP contribution is 2.28. The molecule has 0 aliphatic rings. The number of aryl methyl sites for hydroxylation is 2. The molecular formula is C26H27N3O5S2. The average Bonchev–Trinajstić information content (AvgIpc) is 2.84. The fourth-order valence-corrected chi connectivity index (χ4v) is 4.45. The van der Waals surface area contributed by atoms with E-state index in [1.54, 1.807) is 55.7 Å². The predicted molar refractivity (Wildman–Crippen MR) is 146 cm³/mol. The molecule has 0 aromatic heterocycles. The topological polar surface area (TPSA) is 106 Å². The second-order valence-corrected chi connectivity index (χ2v) is 9.91. The standard InChI is InChI=1S/C26H27N3O5S2/c1-17-5-8-21(15-18(17)2)29-36(31,32)22-11-9-20(10-12-22)27-26(35)28-25(30)14-7-19-6-13-23(33-3)24(16-19)34-4/h5-16,29H,1-4H3,(H2,27,28,30,35)/b14-7+. The number of anilines is 2. The van der Waals surface area contributed by atoms with Gasteiger partial charge in [-0.05, 0) is 97.4 Å². The van der Waals surface area contributed by atoms with Crippen LogP contribution in [0.3, 0.4) is 0 Å². The molecule has 3 aromatic rings. The molecule has 0 aliphatic carbocycles. The van der Waals surface area contributed by atoms with Gasteiger partial charge in [-0.25, -0.2) is 8.42 Å². The molecule has 0 bridgehead atoms. The molecule has 8 nitrogen and oxygen atoms in total. The lowest BCUT2D eigenvalue weighted by Crippen LogP contribution is -2.32. The first kappa shape index (κ1) is 26.7. The van der Waals surface area contributed by atoms with Crippen LogP contribution in [0.4, 0.5) is 11.4 Å². The Balaban J connectivity index is 1.58. The lowest BCUT2D eigenvalue weighted by atomic mass is 10.1. The first-order chi connectivity index (χ1) is 17.1. The minimum atomic E-state index is -3.76. The summed E-state index contributed by atoms with van der Waals surface area (Å²) in [7, 11) is -0.678. The number of nitrogens with one attached hydrogen (secondary N) is 3. The van der Waals surface area contributed by atoms with Crippen molar-refractivity contribution in [3.63, 3.8) is 0 Å². The fourth-order valence-electron chi connectivity index (χ4n) is 3.18. The van der Waals surface area contributed by atoms with Gasteiger partial charge in [0.05, 0.1) is 19.1 Å². The van der Waals surface area contributed by atoms with Gasteiger partial charge < -0.3 is 14.8 Å². The van der Waals surface area contributed by atoms with E-state index in [0.29, 0.717) is 22.9 Å². The number of amides is 1. The first-order valence-electron chi connectivity index (χ1n) is 10.8. The molecule has 3 aromatic carbocycles. The number of carbonyl (C=O) groups is 1. The van der Waals surface area contributed by atoms with Crippen LogP contribution >= 0.6 is 12.2 Å². The second kappa shape index (κ2) is 11.7. The Labute approximate surface area is 216 Å². The number of hydrogen-bond acceptors (Lipinski definition) is 6. The zero-order chi connectivity index (χ0) is 26.3. The van der Waals surface area contributed by atoms with Crippen molar-refractivity contribution in [3.05, 3.63) is 83.4 Å². The molecule has 0 spiro atoms. The van der Waals surface area contributed by atoms with Crippen molar-refractivity contribution in [2.24, 2.45) is 0 Å². The van der Waals surface area contributed by atoms with Crippen molar-refractivity contribution >= 4 is 50.7 Å². The zero-order valence-electron chi connectivity index (χ0n) is 20.3. The quantitative estimate of drug-likeness (QED) is 0.290. The minimum Gasteiger partial charge on any atom is -0.493 e. The highest BCUT2D eigenvalue weighted by atomic mass is 32.2. The number of thiocarbonyl (C=S) groups is 1. The molecule has 1 amide bonds. The van der Waals surface area contributed by atoms with E-state index in [1.807, 2.05) is 19.9 Å². The summed E-state index contributed by atoms with van der Waals surface area (Å²) in [5, 5.41) is 5.48. The van der Waals surface area contributed by atoms with Crippen LogP contribution in [0, 0.1) is 13.8 Å². The van der Waals surface area contributed by atoms with E-state index in [9.17, 15) is 13.2 Å². The van der Waals surface area contributed by atoms with Gasteiger partial charge in [0, 0.05) is 17.5 Å². The molecule has 10 heteroatoms. The molecule has 0 radical (unpaired) electrons. The third-order valence-corrected chi connectivity index (χ3v) is 6.85. The molecule has 0 atom stereocenters. The summed E-state index contributed by atoms with van der Waals surface area (Å²) in [5.41, 5.74) is 3.82. The van der Waals surface area contributed by atoms with Gasteiger partial charge in [0.25, 0.3) is 10.0 Å². The molecule has 188 valence electrons. The highest BCUT2D eigenvalue weighted by Gasteiger charge is 2.14. The summed E-state index contributed by atoms with van der Waals surface area (Å²) in [4.78, 5) is 12.3. The fraction of sp³-hybridized carbons (Fsp3) is 0.154. The average molecular weight is 526 g/mol. The molecule has 0 saturated carbocycles. The van der Waals surface area contributed by atoms with Gasteiger partial charge >= 0.3 is 0 Å². The number of carbonyl (C=O) groups excluding carboxylic acids is 1. The molecule has 3 rings (SSSR count). The van der Waals surface area contributed by atoms with Gasteiger partial charge in [-0.2, -0.15) is 0 Å². The van der Waals surface area contributed by atoms with Crippen molar-refractivity contribution in [2.75, 3.05) is 24.3 Å². The Kier molecular flexibility index (Phi) is 8.68. The van der Waals surface area contributed by atoms with Crippen LogP contribution in [0.2, 0.25) is 0 Å². The highest BCUT2D eigenvalue weighted by molar-refractivity contribution is 7.92. The molecule has 3 N–H and O–H groups in total. The molecule has 0 aliphatic heterocycles. The van der Waals surface area contributed by atoms with E-state index in [-0.39, 0.29) is 10.0 Å². The van der Waals surface area contributed by atoms with Gasteiger partial charge in [-0.1, -0.05) is 12.1 Å². The van der Waals surface area contributed by atoms with E-state index in [0.717, 1.165) is 16.7 Å². The molecule has 36 heavy (non-hydrogen) atoms. The largest absolute Gasteiger partial charge is 0.493 e. The minimum absolute atomic E-state index is 0.0702. The molecule has 0 fully saturated rings. The summed E-state index contributed by atoms with van der Waals surface area (Å²) >= 11 is 5.19. The SMILES string of the molecule is COc1ccc(/C=C/C(=O)NC(=S)Nc2ccc(S(=O)(=O)Nc3ccc(C)c(C)c3)cc2)cc1OC. The van der Waals surface area contributed by atoms with Gasteiger partial charge in [0.15, 0.2) is 16.6 Å². The van der Waals surface area contributed by atoms with Crippen molar-refractivity contribution in [1.82, 2.24) is 5.32 Å². The number of rotatable bonds is 8. The third-order valence-electron chi connectivity index (χ3n) is 5.25. The van der Waals surface area contributed by atoms with Crippen LogP contribution in [-0.4, -0.2) is 33.7 Å². The van der Waals surface area contributed by atoms with Gasteiger partial charge in [0.1, 0.15) is 0 Å².